The van der Waals surface area contributed by atoms with Crippen LogP contribution in [0.25, 0.3) is 0 Å². The Bertz CT molecular complexity index is 294. The van der Waals surface area contributed by atoms with Gasteiger partial charge in [0.15, 0.2) is 0 Å². The number of hydrogen-bond donors (Lipinski definition) is 1. The highest BCUT2D eigenvalue weighted by atomic mass is 35.5. The van der Waals surface area contributed by atoms with Gasteiger partial charge in [0, 0.05) is 11.9 Å². The average Bonchev–Trinajstić information content (AvgIpc) is 1.95. The summed E-state index contributed by atoms with van der Waals surface area (Å²) < 4.78 is 25.9. The van der Waals surface area contributed by atoms with E-state index in [0.717, 1.165) is 6.42 Å². The third kappa shape index (κ3) is 9.43. The van der Waals surface area contributed by atoms with Crippen molar-refractivity contribution in [3.8, 4) is 0 Å². The van der Waals surface area contributed by atoms with E-state index in [0.29, 0.717) is 12.5 Å². The molecule has 0 amide bonds. The first-order valence-electron chi connectivity index (χ1n) is 5.63. The van der Waals surface area contributed by atoms with Gasteiger partial charge in [-0.1, -0.05) is 34.6 Å². The Hall–Kier alpha value is 0.200. The van der Waals surface area contributed by atoms with Crippen molar-refractivity contribution >= 4 is 21.6 Å². The Morgan fingerprint density at radius 1 is 1.25 bits per heavy atom. The smallest absolute Gasteiger partial charge is 0.212 e. The summed E-state index contributed by atoms with van der Waals surface area (Å²) in [6, 6.07) is 0. The van der Waals surface area contributed by atoms with E-state index in [1.807, 2.05) is 20.8 Å². The molecule has 0 aliphatic carbocycles. The molecule has 0 aliphatic rings. The number of sulfonamides is 1. The zero-order valence-electron chi connectivity index (χ0n) is 10.9. The lowest BCUT2D eigenvalue weighted by molar-refractivity contribution is 0.456. The predicted molar refractivity (Wildman–Crippen MR) is 70.3 cm³/mol. The molecule has 1 atom stereocenters. The van der Waals surface area contributed by atoms with Gasteiger partial charge in [0.25, 0.3) is 0 Å². The second-order valence-corrected chi connectivity index (χ2v) is 8.32. The van der Waals surface area contributed by atoms with E-state index in [4.69, 9.17) is 11.6 Å². The van der Waals surface area contributed by atoms with Crippen molar-refractivity contribution in [2.45, 2.75) is 46.4 Å². The summed E-state index contributed by atoms with van der Waals surface area (Å²) in [6.45, 7) is 10.2. The fourth-order valence-electron chi connectivity index (χ4n) is 1.43. The van der Waals surface area contributed by atoms with Crippen LogP contribution in [0.1, 0.15) is 41.0 Å². The molecule has 0 radical (unpaired) electrons. The summed E-state index contributed by atoms with van der Waals surface area (Å²) >= 11 is 6.03. The number of halogens is 1. The standard InChI is InChI=1S/C11H24ClNO2S/c1-9(2)6-10(12)7-13-16(14,15)8-11(3,4)5/h9-10,13H,6-8H2,1-5H3. The first-order valence-corrected chi connectivity index (χ1v) is 7.72. The first-order chi connectivity index (χ1) is 7.02. The maximum atomic E-state index is 11.7. The quantitative estimate of drug-likeness (QED) is 0.754. The van der Waals surface area contributed by atoms with Crippen molar-refractivity contribution in [2.24, 2.45) is 11.3 Å². The van der Waals surface area contributed by atoms with Crippen LogP contribution in [-0.4, -0.2) is 26.1 Å². The first kappa shape index (κ1) is 16.2. The molecule has 0 aromatic heterocycles. The van der Waals surface area contributed by atoms with Crippen molar-refractivity contribution in [3.05, 3.63) is 0 Å². The van der Waals surface area contributed by atoms with Crippen LogP contribution >= 0.6 is 11.6 Å². The highest BCUT2D eigenvalue weighted by Gasteiger charge is 2.22. The van der Waals surface area contributed by atoms with Crippen LogP contribution in [0.5, 0.6) is 0 Å². The largest absolute Gasteiger partial charge is 0.214 e. The molecule has 3 nitrogen and oxygen atoms in total. The number of alkyl halides is 1. The SMILES string of the molecule is CC(C)CC(Cl)CNS(=O)(=O)CC(C)(C)C. The number of hydrogen-bond acceptors (Lipinski definition) is 2. The predicted octanol–water partition coefficient (Wildman–Crippen LogP) is 2.61. The Morgan fingerprint density at radius 2 is 1.75 bits per heavy atom. The highest BCUT2D eigenvalue weighted by Crippen LogP contribution is 2.16. The van der Waals surface area contributed by atoms with Crippen molar-refractivity contribution in [1.82, 2.24) is 4.72 Å². The van der Waals surface area contributed by atoms with Crippen molar-refractivity contribution in [2.75, 3.05) is 12.3 Å². The zero-order chi connectivity index (χ0) is 13.0. The summed E-state index contributed by atoms with van der Waals surface area (Å²) in [4.78, 5) is 0. The maximum absolute atomic E-state index is 11.7. The van der Waals surface area contributed by atoms with Crippen molar-refractivity contribution in [3.63, 3.8) is 0 Å². The van der Waals surface area contributed by atoms with E-state index in [9.17, 15) is 8.42 Å². The van der Waals surface area contributed by atoms with E-state index in [-0.39, 0.29) is 16.5 Å². The Labute approximate surface area is 105 Å². The molecule has 98 valence electrons. The van der Waals surface area contributed by atoms with Gasteiger partial charge >= 0.3 is 0 Å². The molecule has 0 spiro atoms. The van der Waals surface area contributed by atoms with Gasteiger partial charge in [-0.3, -0.25) is 0 Å². The molecular formula is C11H24ClNO2S. The average molecular weight is 270 g/mol. The molecule has 0 aliphatic heterocycles. The monoisotopic (exact) mass is 269 g/mol. The van der Waals surface area contributed by atoms with Crippen LogP contribution in [0.2, 0.25) is 0 Å². The maximum Gasteiger partial charge on any atom is 0.212 e. The lowest BCUT2D eigenvalue weighted by atomic mass is 10.0. The van der Waals surface area contributed by atoms with E-state index < -0.39 is 10.0 Å². The lowest BCUT2D eigenvalue weighted by Crippen LogP contribution is -2.36. The Morgan fingerprint density at radius 3 is 2.12 bits per heavy atom. The molecule has 0 rings (SSSR count). The molecule has 0 fully saturated rings. The van der Waals surface area contributed by atoms with Gasteiger partial charge in [-0.25, -0.2) is 13.1 Å². The Kier molecular flexibility index (Phi) is 6.30. The van der Waals surface area contributed by atoms with Crippen LogP contribution in [0, 0.1) is 11.3 Å². The molecule has 0 bridgehead atoms. The fourth-order valence-corrected chi connectivity index (χ4v) is 3.66. The highest BCUT2D eigenvalue weighted by molar-refractivity contribution is 7.89. The van der Waals surface area contributed by atoms with Crippen LogP contribution in [0.3, 0.4) is 0 Å². The zero-order valence-corrected chi connectivity index (χ0v) is 12.5. The van der Waals surface area contributed by atoms with E-state index in [1.54, 1.807) is 0 Å². The molecule has 1 N–H and O–H groups in total. The molecule has 0 aromatic rings. The van der Waals surface area contributed by atoms with Gasteiger partial charge < -0.3 is 0 Å². The minimum Gasteiger partial charge on any atom is -0.214 e. The molecule has 0 saturated heterocycles. The molecule has 0 saturated carbocycles. The summed E-state index contributed by atoms with van der Waals surface area (Å²) in [6.07, 6.45) is 0.819. The van der Waals surface area contributed by atoms with Crippen molar-refractivity contribution < 1.29 is 8.42 Å². The van der Waals surface area contributed by atoms with Gasteiger partial charge in [0.2, 0.25) is 10.0 Å². The Balaban J connectivity index is 4.10. The van der Waals surface area contributed by atoms with Gasteiger partial charge in [0.1, 0.15) is 0 Å². The third-order valence-electron chi connectivity index (χ3n) is 1.87. The van der Waals surface area contributed by atoms with Crippen molar-refractivity contribution in [1.29, 1.82) is 0 Å². The van der Waals surface area contributed by atoms with Gasteiger partial charge in [-0.2, -0.15) is 0 Å². The second kappa shape index (κ2) is 6.22. The number of rotatable bonds is 6. The van der Waals surface area contributed by atoms with Crippen LogP contribution in [0.15, 0.2) is 0 Å². The minimum atomic E-state index is -3.20. The molecule has 1 unspecified atom stereocenters. The van der Waals surface area contributed by atoms with Gasteiger partial charge in [0.05, 0.1) is 5.75 Å². The second-order valence-electron chi connectivity index (χ2n) is 5.90. The van der Waals surface area contributed by atoms with E-state index in [2.05, 4.69) is 18.6 Å². The van der Waals surface area contributed by atoms with E-state index in [1.165, 1.54) is 0 Å². The molecule has 16 heavy (non-hydrogen) atoms. The summed E-state index contributed by atoms with van der Waals surface area (Å²) in [5.41, 5.74) is -0.230. The molecule has 0 aromatic carbocycles. The summed E-state index contributed by atoms with van der Waals surface area (Å²) in [5, 5.41) is -0.130. The number of nitrogens with one attached hydrogen (secondary N) is 1. The van der Waals surface area contributed by atoms with Crippen LogP contribution < -0.4 is 4.72 Å². The molecular weight excluding hydrogens is 246 g/mol. The fraction of sp³-hybridized carbons (Fsp3) is 1.00. The topological polar surface area (TPSA) is 46.2 Å². The molecule has 5 heteroatoms. The lowest BCUT2D eigenvalue weighted by Gasteiger charge is -2.19. The van der Waals surface area contributed by atoms with Crippen LogP contribution in [0.4, 0.5) is 0 Å². The van der Waals surface area contributed by atoms with E-state index >= 15 is 0 Å². The molecule has 0 heterocycles. The van der Waals surface area contributed by atoms with Gasteiger partial charge in [-0.05, 0) is 17.8 Å². The summed E-state index contributed by atoms with van der Waals surface area (Å²) in [7, 11) is -3.20. The summed E-state index contributed by atoms with van der Waals surface area (Å²) in [5.74, 6) is 0.611. The van der Waals surface area contributed by atoms with Crippen LogP contribution in [-0.2, 0) is 10.0 Å². The van der Waals surface area contributed by atoms with Gasteiger partial charge in [-0.15, -0.1) is 11.6 Å². The minimum absolute atomic E-state index is 0.130. The third-order valence-corrected chi connectivity index (χ3v) is 4.06. The normalized spacial score (nSPS) is 15.4.